The highest BCUT2D eigenvalue weighted by molar-refractivity contribution is 6.30. The number of halogens is 2. The number of anilines is 1. The molecule has 1 amide bonds. The minimum atomic E-state index is -0.522. The maximum absolute atomic E-state index is 13.9. The number of pyridine rings is 1. The van der Waals surface area contributed by atoms with Gasteiger partial charge >= 0.3 is 0 Å². The average Bonchev–Trinajstić information content (AvgIpc) is 2.82. The van der Waals surface area contributed by atoms with Crippen molar-refractivity contribution in [2.75, 3.05) is 11.4 Å². The number of benzene rings is 1. The van der Waals surface area contributed by atoms with Crippen LogP contribution in [0.25, 0.3) is 0 Å². The molecule has 0 N–H and O–H groups in total. The summed E-state index contributed by atoms with van der Waals surface area (Å²) in [6, 6.07) is 6.63. The molecule has 0 saturated heterocycles. The second-order valence-corrected chi connectivity index (χ2v) is 5.64. The standard InChI is InChI=1S/C16H14ClFN2O/c1-10-9-20(14-8-19-6-5-12(10)14)15(21)7-11-3-2-4-13(17)16(11)18/h2-6,8,10H,7,9H2,1H3. The highest BCUT2D eigenvalue weighted by Gasteiger charge is 2.30. The average molecular weight is 305 g/mol. The molecular formula is C16H14ClFN2O. The van der Waals surface area contributed by atoms with E-state index in [-0.39, 0.29) is 23.3 Å². The van der Waals surface area contributed by atoms with Gasteiger partial charge in [0.25, 0.3) is 0 Å². The molecule has 2 heterocycles. The summed E-state index contributed by atoms with van der Waals surface area (Å²) in [5, 5.41) is 0.0390. The Labute approximate surface area is 127 Å². The van der Waals surface area contributed by atoms with Crippen LogP contribution >= 0.6 is 11.6 Å². The Morgan fingerprint density at radius 1 is 1.48 bits per heavy atom. The van der Waals surface area contributed by atoms with E-state index in [1.807, 2.05) is 6.07 Å². The quantitative estimate of drug-likeness (QED) is 0.850. The fourth-order valence-corrected chi connectivity index (χ4v) is 2.88. The van der Waals surface area contributed by atoms with E-state index in [0.717, 1.165) is 11.3 Å². The van der Waals surface area contributed by atoms with Crippen LogP contribution in [0.5, 0.6) is 0 Å². The van der Waals surface area contributed by atoms with Crippen LogP contribution in [0.3, 0.4) is 0 Å². The van der Waals surface area contributed by atoms with Crippen molar-refractivity contribution in [1.82, 2.24) is 4.98 Å². The second kappa shape index (κ2) is 5.45. The van der Waals surface area contributed by atoms with Gasteiger partial charge < -0.3 is 4.90 Å². The topological polar surface area (TPSA) is 33.2 Å². The van der Waals surface area contributed by atoms with E-state index in [0.29, 0.717) is 12.1 Å². The van der Waals surface area contributed by atoms with E-state index < -0.39 is 5.82 Å². The van der Waals surface area contributed by atoms with E-state index >= 15 is 0 Å². The fraction of sp³-hybridized carbons (Fsp3) is 0.250. The molecule has 0 aliphatic carbocycles. The lowest BCUT2D eigenvalue weighted by Crippen LogP contribution is -2.31. The van der Waals surface area contributed by atoms with Gasteiger partial charge in [0.2, 0.25) is 5.91 Å². The molecule has 0 bridgehead atoms. The van der Waals surface area contributed by atoms with Crippen LogP contribution in [-0.2, 0) is 11.2 Å². The van der Waals surface area contributed by atoms with E-state index in [4.69, 9.17) is 11.6 Å². The van der Waals surface area contributed by atoms with Gasteiger partial charge in [-0.3, -0.25) is 9.78 Å². The molecule has 0 saturated carbocycles. The largest absolute Gasteiger partial charge is 0.310 e. The van der Waals surface area contributed by atoms with E-state index in [9.17, 15) is 9.18 Å². The molecule has 3 rings (SSSR count). The molecule has 1 atom stereocenters. The third kappa shape index (κ3) is 2.51. The summed E-state index contributed by atoms with van der Waals surface area (Å²) in [5.41, 5.74) is 2.24. The van der Waals surface area contributed by atoms with Gasteiger partial charge in [-0.15, -0.1) is 0 Å². The Morgan fingerprint density at radius 2 is 2.29 bits per heavy atom. The zero-order chi connectivity index (χ0) is 15.0. The fourth-order valence-electron chi connectivity index (χ4n) is 2.69. The highest BCUT2D eigenvalue weighted by Crippen LogP contribution is 2.35. The minimum absolute atomic E-state index is 0.00650. The normalized spacial score (nSPS) is 16.9. The predicted molar refractivity (Wildman–Crippen MR) is 80.1 cm³/mol. The molecule has 5 heteroatoms. The summed E-state index contributed by atoms with van der Waals surface area (Å²) < 4.78 is 13.9. The summed E-state index contributed by atoms with van der Waals surface area (Å²) in [6.45, 7) is 2.66. The minimum Gasteiger partial charge on any atom is -0.310 e. The zero-order valence-corrected chi connectivity index (χ0v) is 12.3. The molecule has 1 aliphatic rings. The van der Waals surface area contributed by atoms with Gasteiger partial charge in [0.05, 0.1) is 23.3 Å². The third-order valence-corrected chi connectivity index (χ3v) is 4.08. The van der Waals surface area contributed by atoms with Crippen molar-refractivity contribution in [2.45, 2.75) is 19.3 Å². The number of carbonyl (C=O) groups is 1. The van der Waals surface area contributed by atoms with Crippen molar-refractivity contribution < 1.29 is 9.18 Å². The number of rotatable bonds is 2. The SMILES string of the molecule is CC1CN(C(=O)Cc2cccc(Cl)c2F)c2cnccc21. The van der Waals surface area contributed by atoms with Gasteiger partial charge in [0.1, 0.15) is 5.82 Å². The molecule has 0 radical (unpaired) electrons. The van der Waals surface area contributed by atoms with E-state index in [2.05, 4.69) is 11.9 Å². The number of hydrogen-bond donors (Lipinski definition) is 0. The lowest BCUT2D eigenvalue weighted by Gasteiger charge is -2.17. The number of amides is 1. The monoisotopic (exact) mass is 304 g/mol. The van der Waals surface area contributed by atoms with Crippen LogP contribution in [0, 0.1) is 5.82 Å². The molecule has 1 aliphatic heterocycles. The summed E-state index contributed by atoms with van der Waals surface area (Å²) in [5.74, 6) is -0.405. The molecule has 3 nitrogen and oxygen atoms in total. The second-order valence-electron chi connectivity index (χ2n) is 5.23. The van der Waals surface area contributed by atoms with Crippen LogP contribution in [0.2, 0.25) is 5.02 Å². The molecule has 21 heavy (non-hydrogen) atoms. The molecule has 1 unspecified atom stereocenters. The predicted octanol–water partition coefficient (Wildman–Crippen LogP) is 3.57. The van der Waals surface area contributed by atoms with Crippen molar-refractivity contribution in [3.8, 4) is 0 Å². The van der Waals surface area contributed by atoms with Gasteiger partial charge in [-0.2, -0.15) is 0 Å². The maximum atomic E-state index is 13.9. The van der Waals surface area contributed by atoms with Crippen LogP contribution in [0.4, 0.5) is 10.1 Å². The van der Waals surface area contributed by atoms with Crippen molar-refractivity contribution in [3.63, 3.8) is 0 Å². The molecule has 1 aromatic carbocycles. The Balaban J connectivity index is 1.86. The first kappa shape index (κ1) is 14.0. The van der Waals surface area contributed by atoms with Crippen LogP contribution in [-0.4, -0.2) is 17.4 Å². The Bertz CT molecular complexity index is 704. The molecule has 1 aromatic heterocycles. The number of fused-ring (bicyclic) bond motifs is 1. The summed E-state index contributed by atoms with van der Waals surface area (Å²) in [4.78, 5) is 18.2. The van der Waals surface area contributed by atoms with Crippen LogP contribution in [0.15, 0.2) is 36.7 Å². The Hall–Kier alpha value is -1.94. The first-order chi connectivity index (χ1) is 10.1. The number of hydrogen-bond acceptors (Lipinski definition) is 2. The maximum Gasteiger partial charge on any atom is 0.231 e. The molecule has 0 spiro atoms. The lowest BCUT2D eigenvalue weighted by atomic mass is 10.1. The molecule has 0 fully saturated rings. The first-order valence-electron chi connectivity index (χ1n) is 6.75. The first-order valence-corrected chi connectivity index (χ1v) is 7.13. The number of nitrogens with zero attached hydrogens (tertiary/aromatic N) is 2. The van der Waals surface area contributed by atoms with Crippen molar-refractivity contribution in [2.24, 2.45) is 0 Å². The van der Waals surface area contributed by atoms with Crippen molar-refractivity contribution in [1.29, 1.82) is 0 Å². The number of aromatic nitrogens is 1. The van der Waals surface area contributed by atoms with Crippen molar-refractivity contribution >= 4 is 23.2 Å². The number of carbonyl (C=O) groups excluding carboxylic acids is 1. The highest BCUT2D eigenvalue weighted by atomic mass is 35.5. The van der Waals surface area contributed by atoms with Gasteiger partial charge in [-0.25, -0.2) is 4.39 Å². The van der Waals surface area contributed by atoms with E-state index in [1.54, 1.807) is 29.4 Å². The van der Waals surface area contributed by atoms with Gasteiger partial charge in [0, 0.05) is 18.7 Å². The summed E-state index contributed by atoms with van der Waals surface area (Å²) in [6.07, 6.45) is 3.40. The Kier molecular flexibility index (Phi) is 3.64. The summed E-state index contributed by atoms with van der Waals surface area (Å²) >= 11 is 5.75. The molecular weight excluding hydrogens is 291 g/mol. The Morgan fingerprint density at radius 3 is 3.10 bits per heavy atom. The third-order valence-electron chi connectivity index (χ3n) is 3.79. The van der Waals surface area contributed by atoms with Gasteiger partial charge in [-0.1, -0.05) is 30.7 Å². The lowest BCUT2D eigenvalue weighted by molar-refractivity contribution is -0.118. The van der Waals surface area contributed by atoms with Crippen LogP contribution < -0.4 is 4.90 Å². The zero-order valence-electron chi connectivity index (χ0n) is 11.5. The molecule has 108 valence electrons. The van der Waals surface area contributed by atoms with Crippen LogP contribution in [0.1, 0.15) is 24.0 Å². The van der Waals surface area contributed by atoms with Gasteiger partial charge in [0.15, 0.2) is 0 Å². The van der Waals surface area contributed by atoms with E-state index in [1.165, 1.54) is 6.07 Å². The smallest absolute Gasteiger partial charge is 0.231 e. The summed E-state index contributed by atoms with van der Waals surface area (Å²) in [7, 11) is 0. The van der Waals surface area contributed by atoms with Gasteiger partial charge in [-0.05, 0) is 23.3 Å². The van der Waals surface area contributed by atoms with Crippen molar-refractivity contribution in [3.05, 3.63) is 58.6 Å². The molecule has 2 aromatic rings.